The smallest absolute Gasteiger partial charge is 0.142 e. The molecule has 0 bridgehead atoms. The van der Waals surface area contributed by atoms with Crippen molar-refractivity contribution in [3.8, 4) is 5.75 Å². The number of rotatable bonds is 8. The molecule has 1 heterocycles. The number of β-amino-alcohol motifs (C(OH)–C–C–N with tert-alkyl or cyclic N) is 1. The van der Waals surface area contributed by atoms with Crippen molar-refractivity contribution in [2.45, 2.75) is 37.8 Å². The predicted octanol–water partition coefficient (Wildman–Crippen LogP) is 1.25. The van der Waals surface area contributed by atoms with Crippen LogP contribution in [0.2, 0.25) is 0 Å². The van der Waals surface area contributed by atoms with Crippen LogP contribution in [0.4, 0.5) is 5.69 Å². The molecule has 1 aliphatic heterocycles. The zero-order chi connectivity index (χ0) is 15.1. The summed E-state index contributed by atoms with van der Waals surface area (Å²) in [6.07, 6.45) is 3.61. The Morgan fingerprint density at radius 1 is 1.38 bits per heavy atom. The van der Waals surface area contributed by atoms with Crippen LogP contribution in [-0.2, 0) is 0 Å². The first-order valence-electron chi connectivity index (χ1n) is 7.71. The number of nitrogen functional groups attached to an aromatic ring is 1. The number of nitrogens with two attached hydrogens (primary N) is 1. The van der Waals surface area contributed by atoms with E-state index in [2.05, 4.69) is 4.90 Å². The molecule has 0 spiro atoms. The summed E-state index contributed by atoms with van der Waals surface area (Å²) < 4.78 is 5.58. The number of para-hydroxylation sites is 2. The summed E-state index contributed by atoms with van der Waals surface area (Å²) in [6.45, 7) is 2.12. The fraction of sp³-hybridized carbons (Fsp3) is 0.625. The molecule has 0 amide bonds. The zero-order valence-electron chi connectivity index (χ0n) is 12.4. The van der Waals surface area contributed by atoms with Gasteiger partial charge in [-0.3, -0.25) is 4.90 Å². The highest BCUT2D eigenvalue weighted by atomic mass is 16.5. The quantitative estimate of drug-likeness (QED) is 0.629. The third-order valence-electron chi connectivity index (χ3n) is 3.99. The average Bonchev–Trinajstić information content (AvgIpc) is 2.91. The number of nitrogens with zero attached hydrogens (tertiary/aromatic N) is 1. The van der Waals surface area contributed by atoms with E-state index in [-0.39, 0.29) is 13.2 Å². The molecule has 5 heteroatoms. The van der Waals surface area contributed by atoms with Crippen LogP contribution in [0.5, 0.6) is 5.75 Å². The summed E-state index contributed by atoms with van der Waals surface area (Å²) in [4.78, 5) is 2.30. The first-order valence-corrected chi connectivity index (χ1v) is 7.71. The van der Waals surface area contributed by atoms with E-state index < -0.39 is 6.10 Å². The molecule has 2 rings (SSSR count). The number of ether oxygens (including phenoxy) is 1. The van der Waals surface area contributed by atoms with Gasteiger partial charge in [0.2, 0.25) is 0 Å². The summed E-state index contributed by atoms with van der Waals surface area (Å²) in [6, 6.07) is 7.79. The lowest BCUT2D eigenvalue weighted by Gasteiger charge is -2.26. The topological polar surface area (TPSA) is 79.0 Å². The van der Waals surface area contributed by atoms with Gasteiger partial charge in [0.05, 0.1) is 5.69 Å². The number of benzene rings is 1. The van der Waals surface area contributed by atoms with Crippen molar-refractivity contribution < 1.29 is 14.9 Å². The maximum Gasteiger partial charge on any atom is 0.142 e. The van der Waals surface area contributed by atoms with Crippen LogP contribution in [0, 0.1) is 0 Å². The minimum atomic E-state index is -0.528. The maximum absolute atomic E-state index is 10.1. The molecule has 5 nitrogen and oxygen atoms in total. The van der Waals surface area contributed by atoms with Gasteiger partial charge in [-0.1, -0.05) is 12.1 Å². The van der Waals surface area contributed by atoms with E-state index in [4.69, 9.17) is 15.6 Å². The van der Waals surface area contributed by atoms with Crippen LogP contribution in [0.1, 0.15) is 25.7 Å². The highest BCUT2D eigenvalue weighted by molar-refractivity contribution is 5.51. The van der Waals surface area contributed by atoms with Crippen molar-refractivity contribution in [3.05, 3.63) is 24.3 Å². The number of hydrogen-bond donors (Lipinski definition) is 3. The molecule has 0 aliphatic carbocycles. The van der Waals surface area contributed by atoms with Gasteiger partial charge in [-0.25, -0.2) is 0 Å². The number of aliphatic hydroxyl groups excluding tert-OH is 2. The van der Waals surface area contributed by atoms with Crippen LogP contribution in [0.3, 0.4) is 0 Å². The summed E-state index contributed by atoms with van der Waals surface area (Å²) >= 11 is 0. The Balaban J connectivity index is 1.76. The molecule has 1 aromatic carbocycles. The lowest BCUT2D eigenvalue weighted by atomic mass is 10.1. The minimum Gasteiger partial charge on any atom is -0.489 e. The Labute approximate surface area is 126 Å². The molecule has 1 aromatic rings. The molecular weight excluding hydrogens is 268 g/mol. The fourth-order valence-corrected chi connectivity index (χ4v) is 2.91. The number of likely N-dealkylation sites (tertiary alicyclic amines) is 1. The Morgan fingerprint density at radius 3 is 2.95 bits per heavy atom. The Hall–Kier alpha value is -1.30. The number of aliphatic hydroxyl groups is 2. The van der Waals surface area contributed by atoms with Crippen LogP contribution < -0.4 is 10.5 Å². The molecule has 4 N–H and O–H groups in total. The minimum absolute atomic E-state index is 0.239. The second kappa shape index (κ2) is 8.22. The summed E-state index contributed by atoms with van der Waals surface area (Å²) in [5.41, 5.74) is 6.40. The Bertz CT molecular complexity index is 428. The van der Waals surface area contributed by atoms with Crippen molar-refractivity contribution in [1.82, 2.24) is 4.90 Å². The van der Waals surface area contributed by atoms with E-state index in [1.165, 1.54) is 0 Å². The standard InChI is InChI=1S/C16H26N2O3/c17-15-7-1-2-8-16(15)21-12-14(20)11-18-9-3-5-13(18)6-4-10-19/h1-2,7-8,13-14,19-20H,3-6,9-12,17H2. The van der Waals surface area contributed by atoms with E-state index in [9.17, 15) is 5.11 Å². The molecule has 0 aromatic heterocycles. The summed E-state index contributed by atoms with van der Waals surface area (Å²) in [7, 11) is 0. The molecule has 2 atom stereocenters. The summed E-state index contributed by atoms with van der Waals surface area (Å²) in [5, 5.41) is 19.1. The molecule has 2 unspecified atom stereocenters. The van der Waals surface area contributed by atoms with Gasteiger partial charge in [0, 0.05) is 19.2 Å². The molecule has 118 valence electrons. The Morgan fingerprint density at radius 2 is 2.19 bits per heavy atom. The van der Waals surface area contributed by atoms with E-state index in [0.29, 0.717) is 24.0 Å². The van der Waals surface area contributed by atoms with Crippen molar-refractivity contribution >= 4 is 5.69 Å². The first-order chi connectivity index (χ1) is 10.2. The van der Waals surface area contributed by atoms with E-state index >= 15 is 0 Å². The largest absolute Gasteiger partial charge is 0.489 e. The molecule has 0 radical (unpaired) electrons. The monoisotopic (exact) mass is 294 g/mol. The molecule has 1 fully saturated rings. The molecule has 1 saturated heterocycles. The Kier molecular flexibility index (Phi) is 6.29. The lowest BCUT2D eigenvalue weighted by molar-refractivity contribution is 0.0620. The van der Waals surface area contributed by atoms with Gasteiger partial charge in [0.1, 0.15) is 18.5 Å². The van der Waals surface area contributed by atoms with E-state index in [0.717, 1.165) is 32.2 Å². The molecule has 0 saturated carbocycles. The summed E-state index contributed by atoms with van der Waals surface area (Å²) in [5.74, 6) is 0.620. The van der Waals surface area contributed by atoms with Gasteiger partial charge in [0.15, 0.2) is 0 Å². The number of anilines is 1. The lowest BCUT2D eigenvalue weighted by Crippen LogP contribution is -2.38. The predicted molar refractivity (Wildman–Crippen MR) is 83.3 cm³/mol. The van der Waals surface area contributed by atoms with Crippen LogP contribution in [-0.4, -0.2) is 53.6 Å². The highest BCUT2D eigenvalue weighted by Crippen LogP contribution is 2.22. The third-order valence-corrected chi connectivity index (χ3v) is 3.99. The van der Waals surface area contributed by atoms with Gasteiger partial charge >= 0.3 is 0 Å². The van der Waals surface area contributed by atoms with Gasteiger partial charge in [0.25, 0.3) is 0 Å². The van der Waals surface area contributed by atoms with Crippen molar-refractivity contribution in [2.75, 3.05) is 32.0 Å². The van der Waals surface area contributed by atoms with Gasteiger partial charge in [-0.15, -0.1) is 0 Å². The SMILES string of the molecule is Nc1ccccc1OCC(O)CN1CCCC1CCCO. The third kappa shape index (κ3) is 4.88. The van der Waals surface area contributed by atoms with Crippen molar-refractivity contribution in [3.63, 3.8) is 0 Å². The van der Waals surface area contributed by atoms with Crippen LogP contribution in [0.25, 0.3) is 0 Å². The molecule has 21 heavy (non-hydrogen) atoms. The second-order valence-electron chi connectivity index (χ2n) is 5.66. The number of hydrogen-bond acceptors (Lipinski definition) is 5. The van der Waals surface area contributed by atoms with Crippen LogP contribution >= 0.6 is 0 Å². The molecular formula is C16H26N2O3. The fourth-order valence-electron chi connectivity index (χ4n) is 2.91. The second-order valence-corrected chi connectivity index (χ2v) is 5.66. The molecule has 1 aliphatic rings. The highest BCUT2D eigenvalue weighted by Gasteiger charge is 2.25. The van der Waals surface area contributed by atoms with Crippen molar-refractivity contribution in [1.29, 1.82) is 0 Å². The first kappa shape index (κ1) is 16.1. The van der Waals surface area contributed by atoms with Gasteiger partial charge < -0.3 is 20.7 Å². The van der Waals surface area contributed by atoms with Crippen molar-refractivity contribution in [2.24, 2.45) is 0 Å². The zero-order valence-corrected chi connectivity index (χ0v) is 12.4. The average molecular weight is 294 g/mol. The normalized spacial score (nSPS) is 20.6. The van der Waals surface area contributed by atoms with Gasteiger partial charge in [-0.2, -0.15) is 0 Å². The van der Waals surface area contributed by atoms with E-state index in [1.807, 2.05) is 18.2 Å². The van der Waals surface area contributed by atoms with Crippen LogP contribution in [0.15, 0.2) is 24.3 Å². The van der Waals surface area contributed by atoms with E-state index in [1.54, 1.807) is 6.07 Å². The maximum atomic E-state index is 10.1. The van der Waals surface area contributed by atoms with Gasteiger partial charge in [-0.05, 0) is 44.4 Å².